The van der Waals surface area contributed by atoms with Crippen LogP contribution in [0.1, 0.15) is 104 Å². The van der Waals surface area contributed by atoms with Crippen molar-refractivity contribution in [2.24, 2.45) is 0 Å². The van der Waals surface area contributed by atoms with Crippen LogP contribution >= 0.6 is 0 Å². The first-order valence-corrected chi connectivity index (χ1v) is 22.8. The van der Waals surface area contributed by atoms with E-state index in [0.29, 0.717) is 6.42 Å². The first-order chi connectivity index (χ1) is 33.2. The second-order valence-electron chi connectivity index (χ2n) is 16.2. The molecule has 3 aromatic rings. The van der Waals surface area contributed by atoms with E-state index >= 15 is 0 Å². The Morgan fingerprint density at radius 3 is 1.42 bits per heavy atom. The number of hydrogen-bond acceptors (Lipinski definition) is 18. The second-order valence-corrected chi connectivity index (χ2v) is 16.2. The van der Waals surface area contributed by atoms with E-state index in [-0.39, 0.29) is 23.3 Å². The molecule has 10 atom stereocenters. The average molecular weight is 961 g/mol. The van der Waals surface area contributed by atoms with Crippen LogP contribution in [0, 0.1) is 0 Å². The minimum absolute atomic E-state index is 0.0841. The Hall–Kier alpha value is -6.47. The predicted molar refractivity (Wildman–Crippen MR) is 242 cm³/mol. The predicted octanol–water partition coefficient (Wildman–Crippen LogP) is 6.42. The Balaban J connectivity index is 1.62. The molecule has 5 rings (SSSR count). The molecule has 0 spiro atoms. The molecular formula is C51H60O18. The number of carbonyl (C=O) groups excluding carboxylic acids is 7. The van der Waals surface area contributed by atoms with Gasteiger partial charge in [-0.15, -0.1) is 6.58 Å². The van der Waals surface area contributed by atoms with Gasteiger partial charge in [-0.25, -0.2) is 14.4 Å². The third kappa shape index (κ3) is 16.6. The molecule has 18 nitrogen and oxygen atoms in total. The van der Waals surface area contributed by atoms with E-state index in [1.165, 1.54) is 36.4 Å². The number of unbranched alkanes of at least 4 members (excludes halogenated alkanes) is 6. The summed E-state index contributed by atoms with van der Waals surface area (Å²) < 4.78 is 66.3. The van der Waals surface area contributed by atoms with Gasteiger partial charge in [0.1, 0.15) is 31.5 Å². The molecule has 0 aromatic heterocycles. The molecule has 0 unspecified atom stereocenters. The van der Waals surface area contributed by atoms with Gasteiger partial charge in [0.25, 0.3) is 0 Å². The Morgan fingerprint density at radius 1 is 0.464 bits per heavy atom. The van der Waals surface area contributed by atoms with Gasteiger partial charge in [0.2, 0.25) is 0 Å². The summed E-state index contributed by atoms with van der Waals surface area (Å²) in [7, 11) is 0. The van der Waals surface area contributed by atoms with Crippen LogP contribution in [0.2, 0.25) is 0 Å². The zero-order chi connectivity index (χ0) is 49.7. The fourth-order valence-electron chi connectivity index (χ4n) is 7.67. The standard InChI is InChI=1S/C51H60O18/c1-6-7-8-9-10-11-12-22-29-59-50-45(68-49(58)38-27-20-15-21-28-38)44(67-48(57)37-25-18-14-19-26-37)42(40(65-50)31-61-47(56)36-23-16-13-17-24-36)69-51-46(64-35(5)55)43(63-34(4)54)41(62-33(3)53)39(66-51)30-60-32(2)52/h6,13-21,23-28,39-46,50-51H,1,7-12,22,29-31H2,2-5H3/t39-,40-,41+,42-,43+,44+,45+,46-,50+,51-/m1/s1. The summed E-state index contributed by atoms with van der Waals surface area (Å²) in [5.41, 5.74) is 0.391. The smallest absolute Gasteiger partial charge is 0.338 e. The fraction of sp³-hybridized carbons (Fsp3) is 0.471. The summed E-state index contributed by atoms with van der Waals surface area (Å²) in [6.07, 6.45) is -8.09. The van der Waals surface area contributed by atoms with E-state index in [1.807, 2.05) is 6.08 Å². The van der Waals surface area contributed by atoms with Crippen molar-refractivity contribution in [2.45, 2.75) is 134 Å². The molecule has 2 aliphatic heterocycles. The quantitative estimate of drug-likeness (QED) is 0.0409. The van der Waals surface area contributed by atoms with Gasteiger partial charge in [-0.2, -0.15) is 0 Å². The van der Waals surface area contributed by atoms with E-state index in [0.717, 1.165) is 66.2 Å². The zero-order valence-corrected chi connectivity index (χ0v) is 39.1. The van der Waals surface area contributed by atoms with Crippen LogP contribution < -0.4 is 0 Å². The van der Waals surface area contributed by atoms with E-state index in [9.17, 15) is 33.6 Å². The number of carbonyl (C=O) groups is 7. The molecule has 2 saturated heterocycles. The van der Waals surface area contributed by atoms with Gasteiger partial charge in [-0.1, -0.05) is 86.4 Å². The summed E-state index contributed by atoms with van der Waals surface area (Å²) in [5, 5.41) is 0. The summed E-state index contributed by atoms with van der Waals surface area (Å²) in [6, 6.07) is 23.9. The van der Waals surface area contributed by atoms with Crippen LogP contribution in [0.25, 0.3) is 0 Å². The van der Waals surface area contributed by atoms with Crippen molar-refractivity contribution < 1.29 is 85.7 Å². The second kappa shape index (κ2) is 27.5. The molecule has 0 saturated carbocycles. The van der Waals surface area contributed by atoms with E-state index in [4.69, 9.17) is 52.1 Å². The van der Waals surface area contributed by atoms with Gasteiger partial charge >= 0.3 is 41.8 Å². The van der Waals surface area contributed by atoms with Crippen molar-refractivity contribution in [3.05, 3.63) is 120 Å². The third-order valence-corrected chi connectivity index (χ3v) is 10.8. The molecule has 2 fully saturated rings. The van der Waals surface area contributed by atoms with Gasteiger partial charge < -0.3 is 52.1 Å². The molecule has 0 bridgehead atoms. The normalized spacial score (nSPS) is 24.1. The van der Waals surface area contributed by atoms with Crippen molar-refractivity contribution in [2.75, 3.05) is 19.8 Å². The first-order valence-electron chi connectivity index (χ1n) is 22.8. The molecule has 18 heteroatoms. The fourth-order valence-corrected chi connectivity index (χ4v) is 7.67. The lowest BCUT2D eigenvalue weighted by atomic mass is 9.95. The van der Waals surface area contributed by atoms with Crippen molar-refractivity contribution in [3.8, 4) is 0 Å². The SMILES string of the molecule is C=CCCCCCCCCO[C@H]1O[C@H](COC(=O)c2ccccc2)[C@@H](O[C@H]2O[C@H](COC(C)=O)[C@H](OC(C)=O)[C@H](OC(C)=O)[C@H]2OC(C)=O)[C@H](OC(=O)c2ccccc2)[C@@H]1OC(=O)c1ccccc1. The van der Waals surface area contributed by atoms with Crippen LogP contribution in [-0.4, -0.2) is 123 Å². The number of allylic oxidation sites excluding steroid dienone is 1. The number of esters is 7. The van der Waals surface area contributed by atoms with Crippen LogP contribution in [0.3, 0.4) is 0 Å². The van der Waals surface area contributed by atoms with Crippen molar-refractivity contribution in [1.29, 1.82) is 0 Å². The van der Waals surface area contributed by atoms with Crippen LogP contribution in [0.4, 0.5) is 0 Å². The Morgan fingerprint density at radius 2 is 0.884 bits per heavy atom. The molecular weight excluding hydrogens is 901 g/mol. The number of ether oxygens (including phenoxy) is 11. The Labute approximate surface area is 400 Å². The minimum Gasteiger partial charge on any atom is -0.463 e. The highest BCUT2D eigenvalue weighted by Crippen LogP contribution is 2.36. The molecule has 69 heavy (non-hydrogen) atoms. The topological polar surface area (TPSA) is 221 Å². The van der Waals surface area contributed by atoms with Gasteiger partial charge in [-0.3, -0.25) is 19.2 Å². The maximum atomic E-state index is 14.2. The van der Waals surface area contributed by atoms with Gasteiger partial charge in [0.15, 0.2) is 43.1 Å². The van der Waals surface area contributed by atoms with Gasteiger partial charge in [-0.05, 0) is 55.7 Å². The van der Waals surface area contributed by atoms with Crippen molar-refractivity contribution >= 4 is 41.8 Å². The first kappa shape index (κ1) is 53.5. The average Bonchev–Trinajstić information content (AvgIpc) is 3.33. The lowest BCUT2D eigenvalue weighted by Crippen LogP contribution is -2.67. The number of hydrogen-bond donors (Lipinski definition) is 0. The molecule has 2 heterocycles. The van der Waals surface area contributed by atoms with Crippen molar-refractivity contribution in [1.82, 2.24) is 0 Å². The Kier molecular flexibility index (Phi) is 21.3. The van der Waals surface area contributed by atoms with Crippen LogP contribution in [0.15, 0.2) is 104 Å². The molecule has 0 aliphatic carbocycles. The number of rotatable bonds is 24. The molecule has 372 valence electrons. The van der Waals surface area contributed by atoms with E-state index in [2.05, 4.69) is 6.58 Å². The summed E-state index contributed by atoms with van der Waals surface area (Å²) >= 11 is 0. The molecule has 0 amide bonds. The molecule has 0 N–H and O–H groups in total. The van der Waals surface area contributed by atoms with Gasteiger partial charge in [0, 0.05) is 34.3 Å². The van der Waals surface area contributed by atoms with E-state index in [1.54, 1.807) is 54.6 Å². The monoisotopic (exact) mass is 960 g/mol. The summed E-state index contributed by atoms with van der Waals surface area (Å²) in [5.74, 6) is -5.98. The van der Waals surface area contributed by atoms with E-state index < -0.39 is 116 Å². The minimum atomic E-state index is -1.86. The summed E-state index contributed by atoms with van der Waals surface area (Å²) in [6.45, 7) is 6.98. The van der Waals surface area contributed by atoms with Gasteiger partial charge in [0.05, 0.1) is 16.7 Å². The molecule has 2 aliphatic rings. The highest BCUT2D eigenvalue weighted by Gasteiger charge is 2.58. The van der Waals surface area contributed by atoms with Crippen molar-refractivity contribution in [3.63, 3.8) is 0 Å². The molecule has 3 aromatic carbocycles. The maximum Gasteiger partial charge on any atom is 0.338 e. The zero-order valence-electron chi connectivity index (χ0n) is 39.1. The Bertz CT molecular complexity index is 2150. The molecule has 0 radical (unpaired) electrons. The van der Waals surface area contributed by atoms with Crippen LogP contribution in [0.5, 0.6) is 0 Å². The lowest BCUT2D eigenvalue weighted by Gasteiger charge is -2.48. The lowest BCUT2D eigenvalue weighted by molar-refractivity contribution is -0.359. The number of benzene rings is 3. The third-order valence-electron chi connectivity index (χ3n) is 10.8. The maximum absolute atomic E-state index is 14.2. The largest absolute Gasteiger partial charge is 0.463 e. The van der Waals surface area contributed by atoms with Crippen LogP contribution in [-0.2, 0) is 71.3 Å². The highest BCUT2D eigenvalue weighted by molar-refractivity contribution is 5.91. The highest BCUT2D eigenvalue weighted by atomic mass is 16.8. The summed E-state index contributed by atoms with van der Waals surface area (Å²) in [4.78, 5) is 92.0.